The molecule has 0 aliphatic carbocycles. The molecule has 0 saturated heterocycles. The van der Waals surface area contributed by atoms with Crippen LogP contribution in [0.15, 0.2) is 66.9 Å². The van der Waals surface area contributed by atoms with E-state index in [1.807, 2.05) is 18.2 Å². The topological polar surface area (TPSA) is 49.8 Å². The van der Waals surface area contributed by atoms with Crippen LogP contribution in [0.25, 0.3) is 0 Å². The Bertz CT molecular complexity index is 838. The van der Waals surface area contributed by atoms with Crippen molar-refractivity contribution in [3.63, 3.8) is 0 Å². The lowest BCUT2D eigenvalue weighted by molar-refractivity contribution is 0.592. The third-order valence-electron chi connectivity index (χ3n) is 4.19. The highest BCUT2D eigenvalue weighted by Gasteiger charge is 2.17. The van der Waals surface area contributed by atoms with Crippen LogP contribution >= 0.6 is 0 Å². The van der Waals surface area contributed by atoms with E-state index >= 15 is 0 Å². The zero-order valence-electron chi connectivity index (χ0n) is 15.7. The Balaban J connectivity index is 1.67. The summed E-state index contributed by atoms with van der Waals surface area (Å²) in [6.45, 7) is 7.43. The first-order chi connectivity index (χ1) is 12.5. The maximum atomic E-state index is 4.59. The summed E-state index contributed by atoms with van der Waals surface area (Å²) in [5, 5.41) is 6.74. The van der Waals surface area contributed by atoms with Gasteiger partial charge in [-0.3, -0.25) is 0 Å². The Morgan fingerprint density at radius 3 is 2.38 bits per heavy atom. The van der Waals surface area contributed by atoms with Gasteiger partial charge in [-0.05, 0) is 35.1 Å². The maximum absolute atomic E-state index is 4.59. The number of aromatic nitrogens is 2. The summed E-state index contributed by atoms with van der Waals surface area (Å²) in [4.78, 5) is 8.91. The molecule has 3 aromatic rings. The lowest BCUT2D eigenvalue weighted by Crippen LogP contribution is -2.14. The minimum Gasteiger partial charge on any atom is -0.354 e. The first-order valence-corrected chi connectivity index (χ1v) is 9.00. The van der Waals surface area contributed by atoms with E-state index < -0.39 is 0 Å². The van der Waals surface area contributed by atoms with E-state index in [0.717, 1.165) is 24.5 Å². The Morgan fingerprint density at radius 2 is 1.62 bits per heavy atom. The van der Waals surface area contributed by atoms with Crippen molar-refractivity contribution in [3.8, 4) is 0 Å². The predicted octanol–water partition coefficient (Wildman–Crippen LogP) is 5.17. The van der Waals surface area contributed by atoms with Gasteiger partial charge in [0.2, 0.25) is 5.95 Å². The number of hydrogen-bond donors (Lipinski definition) is 2. The average Bonchev–Trinajstić information content (AvgIpc) is 2.63. The Labute approximate surface area is 155 Å². The highest BCUT2D eigenvalue weighted by Crippen LogP contribution is 2.30. The normalized spacial score (nSPS) is 11.2. The van der Waals surface area contributed by atoms with Crippen LogP contribution in [0.3, 0.4) is 0 Å². The molecule has 2 aromatic carbocycles. The maximum Gasteiger partial charge on any atom is 0.224 e. The Hall–Kier alpha value is -2.88. The molecule has 0 bridgehead atoms. The summed E-state index contributed by atoms with van der Waals surface area (Å²) in [6.07, 6.45) is 2.72. The number of nitrogens with one attached hydrogen (secondary N) is 2. The van der Waals surface area contributed by atoms with Crippen LogP contribution in [0.4, 0.5) is 17.5 Å². The summed E-state index contributed by atoms with van der Waals surface area (Å²) >= 11 is 0. The van der Waals surface area contributed by atoms with Crippen LogP contribution < -0.4 is 10.6 Å². The van der Waals surface area contributed by atoms with Gasteiger partial charge in [0.25, 0.3) is 0 Å². The molecule has 3 rings (SSSR count). The third kappa shape index (κ3) is 4.82. The Kier molecular flexibility index (Phi) is 5.52. The molecule has 0 radical (unpaired) electrons. The van der Waals surface area contributed by atoms with Crippen molar-refractivity contribution in [1.29, 1.82) is 0 Å². The molecule has 0 saturated carbocycles. The fourth-order valence-electron chi connectivity index (χ4n) is 2.86. The van der Waals surface area contributed by atoms with E-state index in [9.17, 15) is 0 Å². The largest absolute Gasteiger partial charge is 0.354 e. The van der Waals surface area contributed by atoms with E-state index in [1.54, 1.807) is 6.20 Å². The number of para-hydroxylation sites is 1. The molecule has 1 heterocycles. The van der Waals surface area contributed by atoms with Crippen LogP contribution in [0.5, 0.6) is 0 Å². The Morgan fingerprint density at radius 1 is 0.885 bits per heavy atom. The predicted molar refractivity (Wildman–Crippen MR) is 109 cm³/mol. The van der Waals surface area contributed by atoms with Crippen LogP contribution in [-0.4, -0.2) is 16.5 Å². The van der Waals surface area contributed by atoms with Gasteiger partial charge in [-0.25, -0.2) is 4.98 Å². The zero-order valence-corrected chi connectivity index (χ0v) is 15.7. The fraction of sp³-hybridized carbons (Fsp3) is 0.273. The van der Waals surface area contributed by atoms with E-state index in [2.05, 4.69) is 83.8 Å². The lowest BCUT2D eigenvalue weighted by Gasteiger charge is -2.23. The van der Waals surface area contributed by atoms with Gasteiger partial charge in [0.15, 0.2) is 0 Å². The highest BCUT2D eigenvalue weighted by atomic mass is 15.1. The summed E-state index contributed by atoms with van der Waals surface area (Å²) in [7, 11) is 0. The van der Waals surface area contributed by atoms with Crippen molar-refractivity contribution in [2.24, 2.45) is 0 Å². The first-order valence-electron chi connectivity index (χ1n) is 9.00. The molecule has 0 spiro atoms. The number of hydrogen-bond acceptors (Lipinski definition) is 4. The molecular weight excluding hydrogens is 320 g/mol. The van der Waals surface area contributed by atoms with Crippen LogP contribution in [0.2, 0.25) is 0 Å². The van der Waals surface area contributed by atoms with E-state index in [-0.39, 0.29) is 5.41 Å². The molecule has 26 heavy (non-hydrogen) atoms. The summed E-state index contributed by atoms with van der Waals surface area (Å²) in [5.74, 6) is 1.43. The third-order valence-corrected chi connectivity index (χ3v) is 4.19. The average molecular weight is 346 g/mol. The lowest BCUT2D eigenvalue weighted by atomic mass is 9.86. The van der Waals surface area contributed by atoms with E-state index in [0.29, 0.717) is 5.95 Å². The van der Waals surface area contributed by atoms with Gasteiger partial charge in [0.1, 0.15) is 5.82 Å². The summed E-state index contributed by atoms with van der Waals surface area (Å²) in [5.41, 5.74) is 3.70. The van der Waals surface area contributed by atoms with Crippen molar-refractivity contribution in [2.45, 2.75) is 32.6 Å². The smallest absolute Gasteiger partial charge is 0.224 e. The van der Waals surface area contributed by atoms with Gasteiger partial charge < -0.3 is 10.6 Å². The fourth-order valence-corrected chi connectivity index (χ4v) is 2.86. The van der Waals surface area contributed by atoms with E-state index in [4.69, 9.17) is 0 Å². The van der Waals surface area contributed by atoms with Gasteiger partial charge in [0, 0.05) is 18.4 Å². The molecule has 0 atom stereocenters. The molecule has 4 heteroatoms. The van der Waals surface area contributed by atoms with Crippen molar-refractivity contribution >= 4 is 17.5 Å². The number of nitrogens with zero attached hydrogens (tertiary/aromatic N) is 2. The SMILES string of the molecule is CC(C)(C)c1ccccc1Nc1ccnc(NCCc2ccccc2)n1. The van der Waals surface area contributed by atoms with Crippen molar-refractivity contribution < 1.29 is 0 Å². The molecule has 2 N–H and O–H groups in total. The minimum absolute atomic E-state index is 0.0629. The number of benzene rings is 2. The van der Waals surface area contributed by atoms with Crippen LogP contribution in [0.1, 0.15) is 31.9 Å². The summed E-state index contributed by atoms with van der Waals surface area (Å²) < 4.78 is 0. The zero-order chi connectivity index (χ0) is 18.4. The minimum atomic E-state index is 0.0629. The van der Waals surface area contributed by atoms with Crippen LogP contribution in [-0.2, 0) is 11.8 Å². The van der Waals surface area contributed by atoms with Crippen molar-refractivity contribution in [3.05, 3.63) is 78.0 Å². The first kappa shape index (κ1) is 17.9. The molecule has 0 amide bonds. The molecule has 0 unspecified atom stereocenters. The molecule has 0 aliphatic rings. The monoisotopic (exact) mass is 346 g/mol. The molecule has 0 aliphatic heterocycles. The quantitative estimate of drug-likeness (QED) is 0.646. The van der Waals surface area contributed by atoms with Gasteiger partial charge in [-0.2, -0.15) is 4.98 Å². The number of anilines is 3. The van der Waals surface area contributed by atoms with Crippen LogP contribution in [0, 0.1) is 0 Å². The summed E-state index contributed by atoms with van der Waals surface area (Å²) in [6, 6.07) is 20.7. The molecule has 0 fully saturated rings. The standard InChI is InChI=1S/C22H26N4/c1-22(2,3)18-11-7-8-12-19(18)25-20-14-16-24-21(26-20)23-15-13-17-9-5-4-6-10-17/h4-12,14,16H,13,15H2,1-3H3,(H2,23,24,25,26). The van der Waals surface area contributed by atoms with Gasteiger partial charge in [-0.15, -0.1) is 0 Å². The van der Waals surface area contributed by atoms with Gasteiger partial charge >= 0.3 is 0 Å². The second kappa shape index (κ2) is 8.00. The molecule has 1 aromatic heterocycles. The molecular formula is C22H26N4. The number of rotatable bonds is 6. The second-order valence-electron chi connectivity index (χ2n) is 7.35. The molecule has 4 nitrogen and oxygen atoms in total. The highest BCUT2D eigenvalue weighted by molar-refractivity contribution is 5.62. The van der Waals surface area contributed by atoms with Gasteiger partial charge in [0.05, 0.1) is 0 Å². The molecule has 134 valence electrons. The van der Waals surface area contributed by atoms with Crippen molar-refractivity contribution in [2.75, 3.05) is 17.2 Å². The van der Waals surface area contributed by atoms with E-state index in [1.165, 1.54) is 11.1 Å². The van der Waals surface area contributed by atoms with Gasteiger partial charge in [-0.1, -0.05) is 69.3 Å². The second-order valence-corrected chi connectivity index (χ2v) is 7.35. The van der Waals surface area contributed by atoms with Crippen molar-refractivity contribution in [1.82, 2.24) is 9.97 Å².